The molecule has 0 unspecified atom stereocenters. The van der Waals surface area contributed by atoms with Crippen LogP contribution in [0.3, 0.4) is 0 Å². The van der Waals surface area contributed by atoms with Crippen LogP contribution in [0.15, 0.2) is 34.4 Å². The van der Waals surface area contributed by atoms with Crippen molar-refractivity contribution < 1.29 is 0 Å². The molecule has 1 aliphatic rings. The normalized spacial score (nSPS) is 16.4. The van der Waals surface area contributed by atoms with Crippen LogP contribution < -0.4 is 5.56 Å². The van der Waals surface area contributed by atoms with Crippen LogP contribution in [0.4, 0.5) is 0 Å². The molecule has 0 saturated carbocycles. The number of benzene rings is 1. The number of likely N-dealkylation sites (tertiary alicyclic amines) is 1. The van der Waals surface area contributed by atoms with Crippen molar-refractivity contribution in [3.63, 3.8) is 0 Å². The Labute approximate surface area is 163 Å². The molecule has 1 aliphatic heterocycles. The number of nitrogens with zero attached hydrogens (tertiary/aromatic N) is 3. The molecule has 0 atom stereocenters. The van der Waals surface area contributed by atoms with Crippen molar-refractivity contribution in [3.05, 3.63) is 51.4 Å². The first-order chi connectivity index (χ1) is 13.0. The number of piperidine rings is 1. The summed E-state index contributed by atoms with van der Waals surface area (Å²) in [5.74, 6) is 0.756. The third kappa shape index (κ3) is 3.83. The SMILES string of the molecule is Cc1ccc(-c2csc3nc(CN(C)C4CCN(C)CC4)[nH]c(=O)c23)cc1. The minimum Gasteiger partial charge on any atom is -0.309 e. The topological polar surface area (TPSA) is 52.2 Å². The number of aromatic amines is 1. The van der Waals surface area contributed by atoms with E-state index in [0.29, 0.717) is 18.0 Å². The van der Waals surface area contributed by atoms with E-state index in [1.807, 2.05) is 5.38 Å². The summed E-state index contributed by atoms with van der Waals surface area (Å²) < 4.78 is 0. The summed E-state index contributed by atoms with van der Waals surface area (Å²) in [5.41, 5.74) is 3.21. The molecule has 0 bridgehead atoms. The van der Waals surface area contributed by atoms with Gasteiger partial charge in [0.15, 0.2) is 0 Å². The predicted octanol–water partition coefficient (Wildman–Crippen LogP) is 3.49. The van der Waals surface area contributed by atoms with E-state index in [0.717, 1.165) is 47.7 Å². The molecule has 1 aromatic carbocycles. The fourth-order valence-corrected chi connectivity index (χ4v) is 4.78. The van der Waals surface area contributed by atoms with Crippen LogP contribution in [0.1, 0.15) is 24.2 Å². The lowest BCUT2D eigenvalue weighted by atomic mass is 10.0. The standard InChI is InChI=1S/C21H26N4OS/c1-14-4-6-15(7-5-14)17-13-27-21-19(17)20(26)22-18(23-21)12-25(3)16-8-10-24(2)11-9-16/h4-7,13,16H,8-12H2,1-3H3,(H,22,23,26). The van der Waals surface area contributed by atoms with Gasteiger partial charge in [-0.1, -0.05) is 29.8 Å². The van der Waals surface area contributed by atoms with Gasteiger partial charge in [-0.25, -0.2) is 4.98 Å². The number of H-pyrrole nitrogens is 1. The molecular weight excluding hydrogens is 356 g/mol. The van der Waals surface area contributed by atoms with Crippen LogP contribution in [-0.4, -0.2) is 53.0 Å². The number of hydrogen-bond donors (Lipinski definition) is 1. The van der Waals surface area contributed by atoms with E-state index in [1.165, 1.54) is 5.56 Å². The molecule has 1 saturated heterocycles. The van der Waals surface area contributed by atoms with Gasteiger partial charge in [-0.2, -0.15) is 0 Å². The van der Waals surface area contributed by atoms with Crippen molar-refractivity contribution in [2.45, 2.75) is 32.4 Å². The fraction of sp³-hybridized carbons (Fsp3) is 0.429. The van der Waals surface area contributed by atoms with Gasteiger partial charge in [0.05, 0.1) is 11.9 Å². The highest BCUT2D eigenvalue weighted by Crippen LogP contribution is 2.31. The van der Waals surface area contributed by atoms with Crippen molar-refractivity contribution in [1.82, 2.24) is 19.8 Å². The Bertz CT molecular complexity index is 984. The number of fused-ring (bicyclic) bond motifs is 1. The van der Waals surface area contributed by atoms with Crippen LogP contribution in [0.2, 0.25) is 0 Å². The zero-order chi connectivity index (χ0) is 19.0. The summed E-state index contributed by atoms with van der Waals surface area (Å²) in [7, 11) is 4.30. The van der Waals surface area contributed by atoms with E-state index < -0.39 is 0 Å². The third-order valence-electron chi connectivity index (χ3n) is 5.57. The molecule has 3 aromatic rings. The maximum absolute atomic E-state index is 12.8. The van der Waals surface area contributed by atoms with E-state index in [4.69, 9.17) is 4.98 Å². The molecule has 1 N–H and O–H groups in total. The van der Waals surface area contributed by atoms with Gasteiger partial charge in [-0.15, -0.1) is 11.3 Å². The van der Waals surface area contributed by atoms with Crippen LogP contribution in [0.25, 0.3) is 21.3 Å². The van der Waals surface area contributed by atoms with E-state index in [1.54, 1.807) is 11.3 Å². The number of thiophene rings is 1. The van der Waals surface area contributed by atoms with Gasteiger partial charge in [-0.3, -0.25) is 9.69 Å². The molecule has 0 amide bonds. The molecular formula is C21H26N4OS. The fourth-order valence-electron chi connectivity index (χ4n) is 3.82. The maximum Gasteiger partial charge on any atom is 0.260 e. The van der Waals surface area contributed by atoms with Crippen LogP contribution in [0, 0.1) is 6.92 Å². The van der Waals surface area contributed by atoms with Crippen LogP contribution >= 0.6 is 11.3 Å². The van der Waals surface area contributed by atoms with Crippen molar-refractivity contribution in [3.8, 4) is 11.1 Å². The molecule has 27 heavy (non-hydrogen) atoms. The number of rotatable bonds is 4. The van der Waals surface area contributed by atoms with Crippen LogP contribution in [-0.2, 0) is 6.54 Å². The van der Waals surface area contributed by atoms with E-state index in [2.05, 4.69) is 60.1 Å². The Morgan fingerprint density at radius 1 is 1.26 bits per heavy atom. The quantitative estimate of drug-likeness (QED) is 0.751. The summed E-state index contributed by atoms with van der Waals surface area (Å²) in [5, 5.41) is 2.75. The summed E-state index contributed by atoms with van der Waals surface area (Å²) >= 11 is 1.55. The van der Waals surface area contributed by atoms with Gasteiger partial charge in [0.2, 0.25) is 0 Å². The predicted molar refractivity (Wildman–Crippen MR) is 112 cm³/mol. The first kappa shape index (κ1) is 18.3. The Morgan fingerprint density at radius 3 is 2.67 bits per heavy atom. The van der Waals surface area contributed by atoms with Crippen molar-refractivity contribution in [1.29, 1.82) is 0 Å². The zero-order valence-corrected chi connectivity index (χ0v) is 17.0. The molecule has 0 aliphatic carbocycles. The van der Waals surface area contributed by atoms with Gasteiger partial charge < -0.3 is 9.88 Å². The lowest BCUT2D eigenvalue weighted by Crippen LogP contribution is -2.41. The van der Waals surface area contributed by atoms with Gasteiger partial charge >= 0.3 is 0 Å². The Kier molecular flexibility index (Phi) is 5.12. The van der Waals surface area contributed by atoms with Gasteiger partial charge in [0.25, 0.3) is 5.56 Å². The number of aromatic nitrogens is 2. The van der Waals surface area contributed by atoms with E-state index >= 15 is 0 Å². The number of nitrogens with one attached hydrogen (secondary N) is 1. The summed E-state index contributed by atoms with van der Waals surface area (Å²) in [6.45, 7) is 5.00. The first-order valence-electron chi connectivity index (χ1n) is 9.47. The summed E-state index contributed by atoms with van der Waals surface area (Å²) in [6.07, 6.45) is 2.33. The van der Waals surface area contributed by atoms with Gasteiger partial charge in [0.1, 0.15) is 10.7 Å². The average Bonchev–Trinajstić information content (AvgIpc) is 3.07. The molecule has 5 nitrogen and oxygen atoms in total. The molecule has 2 aromatic heterocycles. The molecule has 1 fully saturated rings. The minimum atomic E-state index is -0.0383. The molecule has 142 valence electrons. The zero-order valence-electron chi connectivity index (χ0n) is 16.2. The Hall–Kier alpha value is -2.02. The molecule has 0 radical (unpaired) electrons. The van der Waals surface area contributed by atoms with Gasteiger partial charge in [0, 0.05) is 17.0 Å². The van der Waals surface area contributed by atoms with Crippen molar-refractivity contribution in [2.75, 3.05) is 27.2 Å². The highest BCUT2D eigenvalue weighted by molar-refractivity contribution is 7.17. The monoisotopic (exact) mass is 382 g/mol. The smallest absolute Gasteiger partial charge is 0.260 e. The highest BCUT2D eigenvalue weighted by Gasteiger charge is 2.21. The van der Waals surface area contributed by atoms with Crippen LogP contribution in [0.5, 0.6) is 0 Å². The molecule has 0 spiro atoms. The third-order valence-corrected chi connectivity index (χ3v) is 6.44. The Morgan fingerprint density at radius 2 is 1.96 bits per heavy atom. The highest BCUT2D eigenvalue weighted by atomic mass is 32.1. The molecule has 4 rings (SSSR count). The second-order valence-electron chi connectivity index (χ2n) is 7.66. The lowest BCUT2D eigenvalue weighted by molar-refractivity contribution is 0.137. The van der Waals surface area contributed by atoms with Crippen molar-refractivity contribution >= 4 is 21.6 Å². The number of hydrogen-bond acceptors (Lipinski definition) is 5. The Balaban J connectivity index is 1.59. The van der Waals surface area contributed by atoms with E-state index in [-0.39, 0.29) is 5.56 Å². The summed E-state index contributed by atoms with van der Waals surface area (Å²) in [6, 6.07) is 8.83. The second-order valence-corrected chi connectivity index (χ2v) is 8.52. The summed E-state index contributed by atoms with van der Waals surface area (Å²) in [4.78, 5) is 26.1. The first-order valence-corrected chi connectivity index (χ1v) is 10.4. The minimum absolute atomic E-state index is 0.0383. The molecule has 6 heteroatoms. The average molecular weight is 383 g/mol. The maximum atomic E-state index is 12.8. The van der Waals surface area contributed by atoms with Crippen molar-refractivity contribution in [2.24, 2.45) is 0 Å². The lowest BCUT2D eigenvalue weighted by Gasteiger charge is -2.34. The largest absolute Gasteiger partial charge is 0.309 e. The molecule has 3 heterocycles. The number of aryl methyl sites for hydroxylation is 1. The van der Waals surface area contributed by atoms with E-state index in [9.17, 15) is 4.79 Å². The van der Waals surface area contributed by atoms with Gasteiger partial charge in [-0.05, 0) is 52.5 Å². The second kappa shape index (κ2) is 7.54.